The number of hydrogen-bond acceptors (Lipinski definition) is 3. The van der Waals surface area contributed by atoms with E-state index >= 15 is 0 Å². The monoisotopic (exact) mass is 268 g/mol. The molecule has 2 aromatic rings. The molecular weight excluding hydrogens is 252 g/mol. The minimum atomic E-state index is -0.275. The standard InChI is InChI=1S/C16H16N2O2/c1-18(16(19)14-10-6-3-7-11-14)20-15(17)12-13-8-4-2-5-9-13/h2-11,17H,12H2,1H3. The molecule has 0 unspecified atom stereocenters. The summed E-state index contributed by atoms with van der Waals surface area (Å²) in [5, 5.41) is 8.88. The Morgan fingerprint density at radius 2 is 1.60 bits per heavy atom. The fraction of sp³-hybridized carbons (Fsp3) is 0.125. The number of carbonyl (C=O) groups excluding carboxylic acids is 1. The predicted octanol–water partition coefficient (Wildman–Crippen LogP) is 2.91. The van der Waals surface area contributed by atoms with Crippen LogP contribution in [0.5, 0.6) is 0 Å². The molecule has 0 radical (unpaired) electrons. The quantitative estimate of drug-likeness (QED) is 0.528. The maximum atomic E-state index is 12.0. The van der Waals surface area contributed by atoms with Gasteiger partial charge in [-0.2, -0.15) is 5.06 Å². The van der Waals surface area contributed by atoms with Crippen LogP contribution in [0.4, 0.5) is 0 Å². The molecule has 0 heterocycles. The summed E-state index contributed by atoms with van der Waals surface area (Å²) in [6, 6.07) is 18.4. The molecule has 0 saturated heterocycles. The highest BCUT2D eigenvalue weighted by Crippen LogP contribution is 2.06. The Hall–Kier alpha value is -2.62. The molecule has 0 aliphatic heterocycles. The number of nitrogens with one attached hydrogen (secondary N) is 1. The summed E-state index contributed by atoms with van der Waals surface area (Å²) in [5.74, 6) is -0.244. The van der Waals surface area contributed by atoms with E-state index in [1.165, 1.54) is 7.05 Å². The van der Waals surface area contributed by atoms with Crippen LogP contribution in [-0.4, -0.2) is 23.9 Å². The van der Waals surface area contributed by atoms with Gasteiger partial charge >= 0.3 is 0 Å². The number of rotatable bonds is 3. The van der Waals surface area contributed by atoms with Gasteiger partial charge in [0.15, 0.2) is 0 Å². The maximum Gasteiger partial charge on any atom is 0.286 e. The molecule has 20 heavy (non-hydrogen) atoms. The van der Waals surface area contributed by atoms with Gasteiger partial charge in [-0.1, -0.05) is 48.5 Å². The van der Waals surface area contributed by atoms with Gasteiger partial charge in [0, 0.05) is 12.6 Å². The molecule has 2 aromatic carbocycles. The number of benzene rings is 2. The second-order valence-corrected chi connectivity index (χ2v) is 4.35. The largest absolute Gasteiger partial charge is 0.361 e. The van der Waals surface area contributed by atoms with E-state index in [1.54, 1.807) is 24.3 Å². The van der Waals surface area contributed by atoms with E-state index in [1.807, 2.05) is 36.4 Å². The van der Waals surface area contributed by atoms with Gasteiger partial charge in [0.05, 0.1) is 6.42 Å². The zero-order chi connectivity index (χ0) is 14.4. The first-order chi connectivity index (χ1) is 9.66. The van der Waals surface area contributed by atoms with Crippen LogP contribution in [0.3, 0.4) is 0 Å². The summed E-state index contributed by atoms with van der Waals surface area (Å²) in [6.07, 6.45) is 0.354. The maximum absolute atomic E-state index is 12.0. The van der Waals surface area contributed by atoms with E-state index < -0.39 is 0 Å². The number of hydrogen-bond donors (Lipinski definition) is 1. The van der Waals surface area contributed by atoms with Gasteiger partial charge in [0.1, 0.15) is 0 Å². The molecule has 0 aliphatic carbocycles. The normalized spacial score (nSPS) is 9.85. The van der Waals surface area contributed by atoms with Crippen LogP contribution >= 0.6 is 0 Å². The predicted molar refractivity (Wildman–Crippen MR) is 77.5 cm³/mol. The van der Waals surface area contributed by atoms with Crippen LogP contribution in [-0.2, 0) is 11.3 Å². The summed E-state index contributed by atoms with van der Waals surface area (Å²) in [5.41, 5.74) is 1.50. The Morgan fingerprint density at radius 1 is 1.05 bits per heavy atom. The molecule has 0 spiro atoms. The molecule has 0 bridgehead atoms. The Labute approximate surface area is 118 Å². The lowest BCUT2D eigenvalue weighted by molar-refractivity contribution is -0.0269. The third-order valence-electron chi connectivity index (χ3n) is 2.76. The summed E-state index contributed by atoms with van der Waals surface area (Å²) in [6.45, 7) is 0. The molecule has 1 amide bonds. The van der Waals surface area contributed by atoms with Crippen LogP contribution in [0.1, 0.15) is 15.9 Å². The van der Waals surface area contributed by atoms with Crippen molar-refractivity contribution in [3.63, 3.8) is 0 Å². The summed E-state index contributed by atoms with van der Waals surface area (Å²) < 4.78 is 0. The van der Waals surface area contributed by atoms with Crippen molar-refractivity contribution < 1.29 is 9.63 Å². The molecule has 1 N–H and O–H groups in total. The zero-order valence-electron chi connectivity index (χ0n) is 11.2. The van der Waals surface area contributed by atoms with Crippen LogP contribution in [0.15, 0.2) is 60.7 Å². The van der Waals surface area contributed by atoms with Crippen molar-refractivity contribution in [3.05, 3.63) is 71.8 Å². The number of nitrogens with zero attached hydrogens (tertiary/aromatic N) is 1. The Balaban J connectivity index is 1.93. The van der Waals surface area contributed by atoms with E-state index in [4.69, 9.17) is 10.2 Å². The molecule has 0 saturated carbocycles. The lowest BCUT2D eigenvalue weighted by Crippen LogP contribution is -2.30. The first kappa shape index (κ1) is 13.8. The summed E-state index contributed by atoms with van der Waals surface area (Å²) in [7, 11) is 1.51. The number of amides is 1. The number of hydroxylamine groups is 2. The van der Waals surface area contributed by atoms with Gasteiger partial charge < -0.3 is 4.84 Å². The van der Waals surface area contributed by atoms with E-state index in [0.29, 0.717) is 12.0 Å². The highest BCUT2D eigenvalue weighted by atomic mass is 16.7. The lowest BCUT2D eigenvalue weighted by atomic mass is 10.1. The smallest absolute Gasteiger partial charge is 0.286 e. The Morgan fingerprint density at radius 3 is 2.20 bits per heavy atom. The van der Waals surface area contributed by atoms with Crippen LogP contribution in [0.25, 0.3) is 0 Å². The van der Waals surface area contributed by atoms with E-state index in [9.17, 15) is 4.79 Å². The topological polar surface area (TPSA) is 53.4 Å². The van der Waals surface area contributed by atoms with E-state index in [0.717, 1.165) is 10.6 Å². The highest BCUT2D eigenvalue weighted by molar-refractivity contribution is 5.94. The molecule has 0 aliphatic rings. The number of carbonyl (C=O) groups is 1. The van der Waals surface area contributed by atoms with E-state index in [-0.39, 0.29) is 11.8 Å². The molecule has 2 rings (SSSR count). The molecule has 0 atom stereocenters. The molecular formula is C16H16N2O2. The minimum Gasteiger partial charge on any atom is -0.361 e. The molecule has 0 aromatic heterocycles. The summed E-state index contributed by atoms with van der Waals surface area (Å²) >= 11 is 0. The van der Waals surface area contributed by atoms with Gasteiger partial charge in [-0.3, -0.25) is 10.2 Å². The molecule has 102 valence electrons. The van der Waals surface area contributed by atoms with Crippen molar-refractivity contribution in [2.75, 3.05) is 7.05 Å². The highest BCUT2D eigenvalue weighted by Gasteiger charge is 2.14. The average Bonchev–Trinajstić information content (AvgIpc) is 2.48. The zero-order valence-corrected chi connectivity index (χ0v) is 11.2. The average molecular weight is 268 g/mol. The van der Waals surface area contributed by atoms with Gasteiger partial charge in [-0.25, -0.2) is 0 Å². The van der Waals surface area contributed by atoms with Gasteiger partial charge in [-0.05, 0) is 17.7 Å². The van der Waals surface area contributed by atoms with Gasteiger partial charge in [0.25, 0.3) is 5.91 Å². The molecule has 4 nitrogen and oxygen atoms in total. The third kappa shape index (κ3) is 3.68. The van der Waals surface area contributed by atoms with Gasteiger partial charge in [-0.15, -0.1) is 0 Å². The summed E-state index contributed by atoms with van der Waals surface area (Å²) in [4.78, 5) is 17.3. The molecule has 4 heteroatoms. The fourth-order valence-corrected chi connectivity index (χ4v) is 1.78. The Kier molecular flexibility index (Phi) is 4.50. The van der Waals surface area contributed by atoms with Crippen molar-refractivity contribution in [1.29, 1.82) is 5.41 Å². The Bertz CT molecular complexity index is 582. The third-order valence-corrected chi connectivity index (χ3v) is 2.76. The first-order valence-corrected chi connectivity index (χ1v) is 6.29. The lowest BCUT2D eigenvalue weighted by Gasteiger charge is -2.17. The van der Waals surface area contributed by atoms with Crippen molar-refractivity contribution >= 4 is 11.8 Å². The van der Waals surface area contributed by atoms with Crippen LogP contribution in [0, 0.1) is 5.41 Å². The van der Waals surface area contributed by atoms with Crippen molar-refractivity contribution in [3.8, 4) is 0 Å². The van der Waals surface area contributed by atoms with Crippen LogP contribution in [0.2, 0.25) is 0 Å². The minimum absolute atomic E-state index is 0.0305. The fourth-order valence-electron chi connectivity index (χ4n) is 1.78. The van der Waals surface area contributed by atoms with Crippen molar-refractivity contribution in [2.24, 2.45) is 0 Å². The second-order valence-electron chi connectivity index (χ2n) is 4.35. The first-order valence-electron chi connectivity index (χ1n) is 6.29. The van der Waals surface area contributed by atoms with Crippen molar-refractivity contribution in [1.82, 2.24) is 5.06 Å². The molecule has 0 fully saturated rings. The van der Waals surface area contributed by atoms with E-state index in [2.05, 4.69) is 0 Å². The van der Waals surface area contributed by atoms with Gasteiger partial charge in [0.2, 0.25) is 5.90 Å². The van der Waals surface area contributed by atoms with Crippen LogP contribution < -0.4 is 0 Å². The second kappa shape index (κ2) is 6.52. The SMILES string of the molecule is CN(OC(=N)Cc1ccccc1)C(=O)c1ccccc1. The van der Waals surface area contributed by atoms with Crippen molar-refractivity contribution in [2.45, 2.75) is 6.42 Å².